The zero-order chi connectivity index (χ0) is 12.7. The molecule has 1 rings (SSSR count). The van der Waals surface area contributed by atoms with Gasteiger partial charge in [0.15, 0.2) is 0 Å². The maximum absolute atomic E-state index is 11.7. The predicted octanol–water partition coefficient (Wildman–Crippen LogP) is 2.86. The molecule has 1 aromatic heterocycles. The quantitative estimate of drug-likeness (QED) is 0.784. The molecule has 0 saturated carbocycles. The summed E-state index contributed by atoms with van der Waals surface area (Å²) in [6.07, 6.45) is 0.576. The first-order valence-corrected chi connectivity index (χ1v) is 7.56. The predicted molar refractivity (Wildman–Crippen MR) is 76.3 cm³/mol. The summed E-state index contributed by atoms with van der Waals surface area (Å²) in [6, 6.07) is 2.10. The van der Waals surface area contributed by atoms with Crippen molar-refractivity contribution < 1.29 is 4.79 Å². The number of rotatable bonds is 7. The van der Waals surface area contributed by atoms with Crippen molar-refractivity contribution in [3.63, 3.8) is 0 Å². The van der Waals surface area contributed by atoms with E-state index in [-0.39, 0.29) is 5.91 Å². The number of thiophene rings is 1. The summed E-state index contributed by atoms with van der Waals surface area (Å²) in [5.41, 5.74) is 1.26. The van der Waals surface area contributed by atoms with Crippen LogP contribution in [0.3, 0.4) is 0 Å². The Morgan fingerprint density at radius 1 is 1.47 bits per heavy atom. The lowest BCUT2D eigenvalue weighted by molar-refractivity contribution is -0.130. The van der Waals surface area contributed by atoms with E-state index >= 15 is 0 Å². The SMILES string of the molecule is CCN(CC)C(=O)CCNCc1csc(Br)c1. The van der Waals surface area contributed by atoms with Gasteiger partial charge in [0.25, 0.3) is 0 Å². The van der Waals surface area contributed by atoms with Gasteiger partial charge in [0.05, 0.1) is 3.79 Å². The molecule has 1 aromatic rings. The standard InChI is InChI=1S/C12H19BrN2OS/c1-3-15(4-2)12(16)5-6-14-8-10-7-11(13)17-9-10/h7,9,14H,3-6,8H2,1-2H3. The average Bonchev–Trinajstić information content (AvgIpc) is 2.72. The fraction of sp³-hybridized carbons (Fsp3) is 0.583. The molecular weight excluding hydrogens is 300 g/mol. The van der Waals surface area contributed by atoms with E-state index < -0.39 is 0 Å². The second kappa shape index (κ2) is 7.84. The largest absolute Gasteiger partial charge is 0.343 e. The van der Waals surface area contributed by atoms with E-state index in [0.717, 1.165) is 30.0 Å². The van der Waals surface area contributed by atoms with Gasteiger partial charge in [-0.3, -0.25) is 4.79 Å². The monoisotopic (exact) mass is 318 g/mol. The minimum Gasteiger partial charge on any atom is -0.343 e. The van der Waals surface area contributed by atoms with Crippen molar-refractivity contribution in [2.45, 2.75) is 26.8 Å². The molecule has 1 amide bonds. The van der Waals surface area contributed by atoms with Crippen LogP contribution in [0, 0.1) is 0 Å². The Kier molecular flexibility index (Phi) is 6.77. The zero-order valence-electron chi connectivity index (χ0n) is 10.3. The molecule has 0 unspecified atom stereocenters. The maximum Gasteiger partial charge on any atom is 0.223 e. The van der Waals surface area contributed by atoms with Gasteiger partial charge in [-0.2, -0.15) is 0 Å². The molecule has 0 aromatic carbocycles. The molecule has 0 bridgehead atoms. The van der Waals surface area contributed by atoms with E-state index in [1.807, 2.05) is 18.7 Å². The Morgan fingerprint density at radius 3 is 2.71 bits per heavy atom. The summed E-state index contributed by atoms with van der Waals surface area (Å²) >= 11 is 5.11. The van der Waals surface area contributed by atoms with Crippen molar-refractivity contribution in [3.8, 4) is 0 Å². The molecule has 5 heteroatoms. The van der Waals surface area contributed by atoms with Gasteiger partial charge in [0.1, 0.15) is 0 Å². The summed E-state index contributed by atoms with van der Waals surface area (Å²) in [5, 5.41) is 5.40. The lowest BCUT2D eigenvalue weighted by Gasteiger charge is -2.18. The molecule has 1 heterocycles. The van der Waals surface area contributed by atoms with Crippen LogP contribution in [0.15, 0.2) is 15.2 Å². The second-order valence-corrected chi connectivity index (χ2v) is 6.04. The second-order valence-electron chi connectivity index (χ2n) is 3.75. The summed E-state index contributed by atoms with van der Waals surface area (Å²) in [7, 11) is 0. The smallest absolute Gasteiger partial charge is 0.223 e. The van der Waals surface area contributed by atoms with Crippen molar-refractivity contribution >= 4 is 33.2 Å². The van der Waals surface area contributed by atoms with Gasteiger partial charge >= 0.3 is 0 Å². The van der Waals surface area contributed by atoms with E-state index in [1.165, 1.54) is 5.56 Å². The van der Waals surface area contributed by atoms with Gasteiger partial charge < -0.3 is 10.2 Å². The summed E-state index contributed by atoms with van der Waals surface area (Å²) in [4.78, 5) is 13.6. The number of amides is 1. The van der Waals surface area contributed by atoms with E-state index in [4.69, 9.17) is 0 Å². The summed E-state index contributed by atoms with van der Waals surface area (Å²) in [5.74, 6) is 0.231. The summed E-state index contributed by atoms with van der Waals surface area (Å²) in [6.45, 7) is 7.19. The molecular formula is C12H19BrN2OS. The van der Waals surface area contributed by atoms with E-state index in [1.54, 1.807) is 11.3 Å². The molecule has 0 saturated heterocycles. The van der Waals surface area contributed by atoms with E-state index in [9.17, 15) is 4.79 Å². The van der Waals surface area contributed by atoms with Crippen molar-refractivity contribution in [2.24, 2.45) is 0 Å². The molecule has 0 fully saturated rings. The fourth-order valence-electron chi connectivity index (χ4n) is 1.60. The Hall–Kier alpha value is -0.390. The number of carbonyl (C=O) groups is 1. The molecule has 17 heavy (non-hydrogen) atoms. The van der Waals surface area contributed by atoms with Gasteiger partial charge in [-0.1, -0.05) is 0 Å². The first-order chi connectivity index (χ1) is 8.17. The highest BCUT2D eigenvalue weighted by atomic mass is 79.9. The third kappa shape index (κ3) is 5.19. The fourth-order valence-corrected chi connectivity index (χ4v) is 2.81. The van der Waals surface area contributed by atoms with Crippen molar-refractivity contribution in [3.05, 3.63) is 20.8 Å². The molecule has 3 nitrogen and oxygen atoms in total. The third-order valence-electron chi connectivity index (χ3n) is 2.58. The Bertz CT molecular complexity index is 350. The normalized spacial score (nSPS) is 10.5. The topological polar surface area (TPSA) is 32.3 Å². The molecule has 0 aliphatic carbocycles. The molecule has 0 aliphatic rings. The van der Waals surface area contributed by atoms with Crippen LogP contribution in [0.2, 0.25) is 0 Å². The van der Waals surface area contributed by atoms with Crippen molar-refractivity contribution in [1.29, 1.82) is 0 Å². The first-order valence-electron chi connectivity index (χ1n) is 5.88. The van der Waals surface area contributed by atoms with E-state index in [2.05, 4.69) is 32.7 Å². The van der Waals surface area contributed by atoms with Gasteiger partial charge in [0.2, 0.25) is 5.91 Å². The van der Waals surface area contributed by atoms with Gasteiger partial charge in [0, 0.05) is 32.6 Å². The molecule has 0 radical (unpaired) electrons. The highest BCUT2D eigenvalue weighted by molar-refractivity contribution is 9.11. The van der Waals surface area contributed by atoms with Crippen LogP contribution in [0.5, 0.6) is 0 Å². The molecule has 96 valence electrons. The number of nitrogens with one attached hydrogen (secondary N) is 1. The highest BCUT2D eigenvalue weighted by Gasteiger charge is 2.08. The van der Waals surface area contributed by atoms with Gasteiger partial charge in [-0.25, -0.2) is 0 Å². The highest BCUT2D eigenvalue weighted by Crippen LogP contribution is 2.20. The average molecular weight is 319 g/mol. The van der Waals surface area contributed by atoms with Crippen molar-refractivity contribution in [1.82, 2.24) is 10.2 Å². The summed E-state index contributed by atoms with van der Waals surface area (Å²) < 4.78 is 1.15. The molecule has 0 spiro atoms. The van der Waals surface area contributed by atoms with E-state index in [0.29, 0.717) is 6.42 Å². The minimum absolute atomic E-state index is 0.231. The number of hydrogen-bond acceptors (Lipinski definition) is 3. The van der Waals surface area contributed by atoms with Crippen LogP contribution in [0.1, 0.15) is 25.8 Å². The molecule has 1 N–H and O–H groups in total. The zero-order valence-corrected chi connectivity index (χ0v) is 12.7. The minimum atomic E-state index is 0.231. The lowest BCUT2D eigenvalue weighted by atomic mass is 10.3. The van der Waals surface area contributed by atoms with Crippen LogP contribution < -0.4 is 5.32 Å². The first kappa shape index (κ1) is 14.7. The van der Waals surface area contributed by atoms with Crippen molar-refractivity contribution in [2.75, 3.05) is 19.6 Å². The number of hydrogen-bond donors (Lipinski definition) is 1. The number of halogens is 1. The molecule has 0 aliphatic heterocycles. The van der Waals surface area contributed by atoms with Crippen LogP contribution in [-0.4, -0.2) is 30.4 Å². The maximum atomic E-state index is 11.7. The van der Waals surface area contributed by atoms with Crippen LogP contribution >= 0.6 is 27.3 Å². The number of carbonyl (C=O) groups excluding carboxylic acids is 1. The lowest BCUT2D eigenvalue weighted by Crippen LogP contribution is -2.32. The van der Waals surface area contributed by atoms with Crippen LogP contribution in [0.25, 0.3) is 0 Å². The van der Waals surface area contributed by atoms with Gasteiger partial charge in [-0.05, 0) is 46.8 Å². The van der Waals surface area contributed by atoms with Crippen LogP contribution in [0.4, 0.5) is 0 Å². The Balaban J connectivity index is 2.17. The van der Waals surface area contributed by atoms with Crippen LogP contribution in [-0.2, 0) is 11.3 Å². The Morgan fingerprint density at radius 2 is 2.18 bits per heavy atom. The Labute approximate surface area is 115 Å². The van der Waals surface area contributed by atoms with Gasteiger partial charge in [-0.15, -0.1) is 11.3 Å². The number of nitrogens with zero attached hydrogens (tertiary/aromatic N) is 1. The third-order valence-corrected chi connectivity index (χ3v) is 4.14. The molecule has 0 atom stereocenters.